The van der Waals surface area contributed by atoms with Crippen molar-refractivity contribution in [2.75, 3.05) is 39.5 Å². The van der Waals surface area contributed by atoms with Gasteiger partial charge in [0.25, 0.3) is 0 Å². The van der Waals surface area contributed by atoms with Crippen LogP contribution in [-0.2, 0) is 11.3 Å². The van der Waals surface area contributed by atoms with Crippen LogP contribution in [0, 0.1) is 0 Å². The molecule has 1 aliphatic carbocycles. The molecule has 1 N–H and O–H groups in total. The molecule has 4 rings (SSSR count). The fourth-order valence-electron chi connectivity index (χ4n) is 4.28. The smallest absolute Gasteiger partial charge is 0.236 e. The summed E-state index contributed by atoms with van der Waals surface area (Å²) in [4.78, 5) is 17.0. The van der Waals surface area contributed by atoms with Gasteiger partial charge in [-0.1, -0.05) is 31.7 Å². The molecule has 0 spiro atoms. The number of carbonyl (C=O) groups excluding carboxylic acids is 1. The van der Waals surface area contributed by atoms with Gasteiger partial charge < -0.3 is 19.7 Å². The zero-order chi connectivity index (χ0) is 18.5. The molecule has 0 unspecified atom stereocenters. The first kappa shape index (κ1) is 18.6. The topological polar surface area (TPSA) is 54.0 Å². The predicted molar refractivity (Wildman–Crippen MR) is 104 cm³/mol. The zero-order valence-electron chi connectivity index (χ0n) is 16.1. The highest BCUT2D eigenvalue weighted by Gasteiger charge is 2.22. The fraction of sp³-hybridized carbons (Fsp3) is 0.667. The summed E-state index contributed by atoms with van der Waals surface area (Å²) < 4.78 is 10.8. The maximum Gasteiger partial charge on any atom is 0.236 e. The van der Waals surface area contributed by atoms with Crippen molar-refractivity contribution in [1.29, 1.82) is 0 Å². The fourth-order valence-corrected chi connectivity index (χ4v) is 4.28. The molecule has 2 heterocycles. The Morgan fingerprint density at radius 3 is 2.52 bits per heavy atom. The van der Waals surface area contributed by atoms with Gasteiger partial charge in [-0.15, -0.1) is 0 Å². The minimum atomic E-state index is 0.252. The largest absolute Gasteiger partial charge is 0.454 e. The maximum absolute atomic E-state index is 12.5. The third-order valence-electron chi connectivity index (χ3n) is 5.97. The Kier molecular flexibility index (Phi) is 6.14. The molecule has 1 saturated carbocycles. The molecular weight excluding hydrogens is 342 g/mol. The lowest BCUT2D eigenvalue weighted by atomic mass is 10.1. The van der Waals surface area contributed by atoms with Crippen LogP contribution in [0.3, 0.4) is 0 Å². The summed E-state index contributed by atoms with van der Waals surface area (Å²) in [7, 11) is 0. The monoisotopic (exact) mass is 373 g/mol. The second-order valence-corrected chi connectivity index (χ2v) is 7.91. The predicted octanol–water partition coefficient (Wildman–Crippen LogP) is 2.37. The van der Waals surface area contributed by atoms with E-state index in [0.717, 1.165) is 44.2 Å². The number of fused-ring (bicyclic) bond motifs is 1. The molecule has 6 heteroatoms. The molecule has 1 aromatic rings. The van der Waals surface area contributed by atoms with Crippen LogP contribution in [0.25, 0.3) is 0 Å². The van der Waals surface area contributed by atoms with Crippen molar-refractivity contribution in [3.63, 3.8) is 0 Å². The highest BCUT2D eigenvalue weighted by atomic mass is 16.7. The van der Waals surface area contributed by atoms with Crippen LogP contribution in [0.5, 0.6) is 11.5 Å². The second-order valence-electron chi connectivity index (χ2n) is 7.91. The minimum absolute atomic E-state index is 0.252. The van der Waals surface area contributed by atoms with Gasteiger partial charge in [-0.25, -0.2) is 0 Å². The first-order chi connectivity index (χ1) is 13.3. The van der Waals surface area contributed by atoms with Crippen LogP contribution in [0.4, 0.5) is 0 Å². The summed E-state index contributed by atoms with van der Waals surface area (Å²) in [6.07, 6.45) is 7.72. The summed E-state index contributed by atoms with van der Waals surface area (Å²) in [6.45, 7) is 5.17. The van der Waals surface area contributed by atoms with Crippen molar-refractivity contribution >= 4 is 5.91 Å². The molecule has 3 aliphatic rings. The van der Waals surface area contributed by atoms with Crippen LogP contribution in [0.2, 0.25) is 0 Å². The molecule has 1 aromatic carbocycles. The van der Waals surface area contributed by atoms with Crippen LogP contribution in [0.15, 0.2) is 18.2 Å². The van der Waals surface area contributed by atoms with Gasteiger partial charge in [0.05, 0.1) is 6.54 Å². The van der Waals surface area contributed by atoms with E-state index in [-0.39, 0.29) is 5.91 Å². The number of nitrogens with one attached hydrogen (secondary N) is 1. The summed E-state index contributed by atoms with van der Waals surface area (Å²) in [6, 6.07) is 6.68. The van der Waals surface area contributed by atoms with Crippen molar-refractivity contribution in [2.24, 2.45) is 0 Å². The number of ether oxygens (including phenoxy) is 2. The van der Waals surface area contributed by atoms with Crippen LogP contribution in [-0.4, -0.2) is 61.3 Å². The Labute approximate surface area is 161 Å². The Morgan fingerprint density at radius 2 is 1.74 bits per heavy atom. The SMILES string of the molecule is O=C(CNC1CCCCCC1)N1CCN(Cc2ccc3c(c2)OCO3)CC1. The molecule has 0 radical (unpaired) electrons. The molecule has 148 valence electrons. The number of nitrogens with zero attached hydrogens (tertiary/aromatic N) is 2. The molecule has 0 aromatic heterocycles. The number of benzene rings is 1. The highest BCUT2D eigenvalue weighted by Crippen LogP contribution is 2.32. The number of hydrogen-bond acceptors (Lipinski definition) is 5. The van der Waals surface area contributed by atoms with E-state index < -0.39 is 0 Å². The summed E-state index contributed by atoms with van der Waals surface area (Å²) in [5.74, 6) is 1.92. The van der Waals surface area contributed by atoms with Gasteiger partial charge in [-0.3, -0.25) is 9.69 Å². The lowest BCUT2D eigenvalue weighted by molar-refractivity contribution is -0.132. The second kappa shape index (κ2) is 8.93. The highest BCUT2D eigenvalue weighted by molar-refractivity contribution is 5.78. The van der Waals surface area contributed by atoms with E-state index in [1.54, 1.807) is 0 Å². The van der Waals surface area contributed by atoms with Gasteiger partial charge in [-0.2, -0.15) is 0 Å². The molecule has 0 bridgehead atoms. The molecular formula is C21H31N3O3. The van der Waals surface area contributed by atoms with Gasteiger partial charge >= 0.3 is 0 Å². The Morgan fingerprint density at radius 1 is 1.00 bits per heavy atom. The number of amides is 1. The van der Waals surface area contributed by atoms with Gasteiger partial charge in [0.2, 0.25) is 12.7 Å². The quantitative estimate of drug-likeness (QED) is 0.803. The number of carbonyl (C=O) groups is 1. The normalized spacial score (nSPS) is 21.3. The summed E-state index contributed by atoms with van der Waals surface area (Å²) in [5.41, 5.74) is 1.23. The van der Waals surface area contributed by atoms with Crippen LogP contribution in [0.1, 0.15) is 44.1 Å². The molecule has 2 fully saturated rings. The van der Waals surface area contributed by atoms with E-state index in [9.17, 15) is 4.79 Å². The molecule has 2 aliphatic heterocycles. The van der Waals surface area contributed by atoms with E-state index in [0.29, 0.717) is 19.4 Å². The van der Waals surface area contributed by atoms with Gasteiger partial charge in [0.15, 0.2) is 11.5 Å². The summed E-state index contributed by atoms with van der Waals surface area (Å²) >= 11 is 0. The number of piperazine rings is 1. The zero-order valence-corrected chi connectivity index (χ0v) is 16.1. The minimum Gasteiger partial charge on any atom is -0.454 e. The third kappa shape index (κ3) is 4.93. The lowest BCUT2D eigenvalue weighted by Gasteiger charge is -2.35. The average Bonchev–Trinajstić information content (AvgIpc) is 3.00. The van der Waals surface area contributed by atoms with E-state index in [1.807, 2.05) is 11.0 Å². The standard InChI is InChI=1S/C21H31N3O3/c25-21(14-22-18-5-3-1-2-4-6-18)24-11-9-23(10-12-24)15-17-7-8-19-20(13-17)27-16-26-19/h7-8,13,18,22H,1-6,9-12,14-16H2. The molecule has 6 nitrogen and oxygen atoms in total. The van der Waals surface area contributed by atoms with Gasteiger partial charge in [0.1, 0.15) is 0 Å². The molecule has 1 amide bonds. The van der Waals surface area contributed by atoms with Gasteiger partial charge in [-0.05, 0) is 30.5 Å². The van der Waals surface area contributed by atoms with Crippen LogP contribution >= 0.6 is 0 Å². The van der Waals surface area contributed by atoms with Gasteiger partial charge in [0, 0.05) is 38.8 Å². The summed E-state index contributed by atoms with van der Waals surface area (Å²) in [5, 5.41) is 3.50. The van der Waals surface area contributed by atoms with E-state index >= 15 is 0 Å². The van der Waals surface area contributed by atoms with Crippen LogP contribution < -0.4 is 14.8 Å². The van der Waals surface area contributed by atoms with E-state index in [4.69, 9.17) is 9.47 Å². The Balaban J connectivity index is 1.19. The molecule has 1 saturated heterocycles. The Hall–Kier alpha value is -1.79. The molecule has 0 atom stereocenters. The van der Waals surface area contributed by atoms with Crippen molar-refractivity contribution < 1.29 is 14.3 Å². The van der Waals surface area contributed by atoms with E-state index in [2.05, 4.69) is 22.3 Å². The van der Waals surface area contributed by atoms with E-state index in [1.165, 1.54) is 44.1 Å². The maximum atomic E-state index is 12.5. The van der Waals surface area contributed by atoms with Crippen molar-refractivity contribution in [3.05, 3.63) is 23.8 Å². The third-order valence-corrected chi connectivity index (χ3v) is 5.97. The van der Waals surface area contributed by atoms with Crippen molar-refractivity contribution in [1.82, 2.24) is 15.1 Å². The number of rotatable bonds is 5. The lowest BCUT2D eigenvalue weighted by Crippen LogP contribution is -2.51. The first-order valence-corrected chi connectivity index (χ1v) is 10.4. The van der Waals surface area contributed by atoms with Crippen molar-refractivity contribution in [3.8, 4) is 11.5 Å². The van der Waals surface area contributed by atoms with Crippen molar-refractivity contribution in [2.45, 2.75) is 51.1 Å². The first-order valence-electron chi connectivity index (χ1n) is 10.4. The average molecular weight is 373 g/mol. The molecule has 27 heavy (non-hydrogen) atoms. The number of hydrogen-bond donors (Lipinski definition) is 1. The Bertz CT molecular complexity index is 636.